The first-order chi connectivity index (χ1) is 10.4. The van der Waals surface area contributed by atoms with E-state index in [4.69, 9.17) is 0 Å². The van der Waals surface area contributed by atoms with Gasteiger partial charge >= 0.3 is 0 Å². The van der Waals surface area contributed by atoms with Crippen molar-refractivity contribution in [1.82, 2.24) is 0 Å². The van der Waals surface area contributed by atoms with Crippen molar-refractivity contribution in [2.45, 2.75) is 20.8 Å². The Morgan fingerprint density at radius 1 is 1.27 bits per heavy atom. The van der Waals surface area contributed by atoms with Crippen molar-refractivity contribution < 1.29 is 4.79 Å². The Hall–Kier alpha value is -1.90. The molecule has 1 aromatic carbocycles. The zero-order valence-electron chi connectivity index (χ0n) is 12.5. The first kappa shape index (κ1) is 16.5. The van der Waals surface area contributed by atoms with E-state index in [0.717, 1.165) is 31.7 Å². The number of amides is 1. The predicted molar refractivity (Wildman–Crippen MR) is 94.9 cm³/mol. The summed E-state index contributed by atoms with van der Waals surface area (Å²) in [5, 5.41) is 14.0. The van der Waals surface area contributed by atoms with Crippen LogP contribution in [-0.4, -0.2) is 5.91 Å². The molecule has 0 unspecified atom stereocenters. The Labute approximate surface area is 142 Å². The highest BCUT2D eigenvalue weighted by atomic mass is 79.9. The summed E-state index contributed by atoms with van der Waals surface area (Å²) in [5.41, 5.74) is 3.98. The van der Waals surface area contributed by atoms with Crippen LogP contribution in [0.4, 0.5) is 5.69 Å². The lowest BCUT2D eigenvalue weighted by molar-refractivity contribution is -0.112. The van der Waals surface area contributed by atoms with Crippen molar-refractivity contribution in [3.63, 3.8) is 0 Å². The van der Waals surface area contributed by atoms with Crippen molar-refractivity contribution in [1.29, 1.82) is 5.26 Å². The molecule has 22 heavy (non-hydrogen) atoms. The zero-order valence-corrected chi connectivity index (χ0v) is 14.9. The molecule has 0 fully saturated rings. The van der Waals surface area contributed by atoms with Crippen LogP contribution in [-0.2, 0) is 4.79 Å². The molecule has 1 heterocycles. The summed E-state index contributed by atoms with van der Waals surface area (Å²) in [4.78, 5) is 13.2. The minimum absolute atomic E-state index is 0.0914. The number of hydrogen-bond donors (Lipinski definition) is 1. The number of halogens is 1. The molecule has 0 bridgehead atoms. The number of aryl methyl sites for hydroxylation is 3. The fraction of sp³-hybridized carbons (Fsp3) is 0.176. The van der Waals surface area contributed by atoms with E-state index in [2.05, 4.69) is 21.2 Å². The smallest absolute Gasteiger partial charge is 0.266 e. The fourth-order valence-electron chi connectivity index (χ4n) is 2.25. The minimum atomic E-state index is -0.387. The molecule has 0 aliphatic rings. The molecule has 0 aliphatic carbocycles. The summed E-state index contributed by atoms with van der Waals surface area (Å²) in [6, 6.07) is 7.86. The van der Waals surface area contributed by atoms with Gasteiger partial charge < -0.3 is 5.32 Å². The highest BCUT2D eigenvalue weighted by Crippen LogP contribution is 2.24. The maximum absolute atomic E-state index is 12.3. The van der Waals surface area contributed by atoms with E-state index in [1.165, 1.54) is 11.3 Å². The highest BCUT2D eigenvalue weighted by molar-refractivity contribution is 9.10. The van der Waals surface area contributed by atoms with E-state index in [-0.39, 0.29) is 11.5 Å². The Bertz CT molecular complexity index is 776. The first-order valence-corrected chi connectivity index (χ1v) is 8.33. The summed E-state index contributed by atoms with van der Waals surface area (Å²) in [6.45, 7) is 5.91. The van der Waals surface area contributed by atoms with Gasteiger partial charge in [-0.25, -0.2) is 0 Å². The number of carbonyl (C=O) groups excluding carboxylic acids is 1. The Morgan fingerprint density at radius 2 is 1.91 bits per heavy atom. The predicted octanol–water partition coefficient (Wildman–Crippen LogP) is 4.98. The molecule has 1 amide bonds. The highest BCUT2D eigenvalue weighted by Gasteiger charge is 2.13. The van der Waals surface area contributed by atoms with E-state index in [9.17, 15) is 10.1 Å². The number of thiophene rings is 1. The molecule has 5 heteroatoms. The van der Waals surface area contributed by atoms with Gasteiger partial charge in [0.1, 0.15) is 11.6 Å². The van der Waals surface area contributed by atoms with Gasteiger partial charge in [-0.1, -0.05) is 17.7 Å². The van der Waals surface area contributed by atoms with Crippen LogP contribution in [0.5, 0.6) is 0 Å². The summed E-state index contributed by atoms with van der Waals surface area (Å²) < 4.78 is 0.937. The molecule has 0 atom stereocenters. The summed E-state index contributed by atoms with van der Waals surface area (Å²) in [5.74, 6) is -0.387. The second-order valence-electron chi connectivity index (χ2n) is 5.06. The molecule has 3 nitrogen and oxygen atoms in total. The van der Waals surface area contributed by atoms with Crippen LogP contribution in [0.15, 0.2) is 33.6 Å². The lowest BCUT2D eigenvalue weighted by Crippen LogP contribution is -2.15. The van der Waals surface area contributed by atoms with E-state index in [1.807, 2.05) is 50.4 Å². The number of carbonyl (C=O) groups is 1. The van der Waals surface area contributed by atoms with Crippen LogP contribution in [0.2, 0.25) is 0 Å². The topological polar surface area (TPSA) is 52.9 Å². The van der Waals surface area contributed by atoms with Crippen molar-refractivity contribution >= 4 is 44.9 Å². The molecular weight excluding hydrogens is 360 g/mol. The zero-order chi connectivity index (χ0) is 16.3. The molecule has 112 valence electrons. The molecule has 2 aromatic rings. The van der Waals surface area contributed by atoms with E-state index in [1.54, 1.807) is 6.08 Å². The number of nitriles is 1. The third kappa shape index (κ3) is 3.85. The van der Waals surface area contributed by atoms with Crippen LogP contribution < -0.4 is 5.32 Å². The third-order valence-corrected chi connectivity index (χ3v) is 4.80. The summed E-state index contributed by atoms with van der Waals surface area (Å²) in [6.07, 6.45) is 1.60. The number of rotatable bonds is 3. The third-order valence-electron chi connectivity index (χ3n) is 3.15. The number of hydrogen-bond acceptors (Lipinski definition) is 3. The Balaban J connectivity index is 2.28. The molecule has 1 N–H and O–H groups in total. The van der Waals surface area contributed by atoms with E-state index in [0.29, 0.717) is 0 Å². The van der Waals surface area contributed by atoms with Crippen LogP contribution in [0, 0.1) is 32.1 Å². The largest absolute Gasteiger partial charge is 0.321 e. The monoisotopic (exact) mass is 374 g/mol. The second kappa shape index (κ2) is 6.91. The molecule has 0 aliphatic heterocycles. The maximum Gasteiger partial charge on any atom is 0.266 e. The number of nitrogens with zero attached hydrogens (tertiary/aromatic N) is 1. The van der Waals surface area contributed by atoms with Gasteiger partial charge in [0.15, 0.2) is 0 Å². The molecule has 0 saturated heterocycles. The van der Waals surface area contributed by atoms with Gasteiger partial charge in [0.05, 0.1) is 0 Å². The average molecular weight is 375 g/mol. The quantitative estimate of drug-likeness (QED) is 0.608. The minimum Gasteiger partial charge on any atom is -0.321 e. The van der Waals surface area contributed by atoms with E-state index < -0.39 is 0 Å². The van der Waals surface area contributed by atoms with Gasteiger partial charge in [-0.05, 0) is 60.0 Å². The summed E-state index contributed by atoms with van der Waals surface area (Å²) >= 11 is 4.83. The fourth-order valence-corrected chi connectivity index (χ4v) is 3.63. The van der Waals surface area contributed by atoms with Crippen LogP contribution in [0.1, 0.15) is 21.6 Å². The van der Waals surface area contributed by atoms with Crippen LogP contribution in [0.25, 0.3) is 6.08 Å². The Morgan fingerprint density at radius 3 is 2.41 bits per heavy atom. The normalized spacial score (nSPS) is 11.1. The lowest BCUT2D eigenvalue weighted by Gasteiger charge is -2.12. The average Bonchev–Trinajstić information content (AvgIpc) is 2.85. The molecule has 0 radical (unpaired) electrons. The van der Waals surface area contributed by atoms with Crippen LogP contribution >= 0.6 is 27.3 Å². The van der Waals surface area contributed by atoms with Gasteiger partial charge in [0.2, 0.25) is 0 Å². The van der Waals surface area contributed by atoms with Gasteiger partial charge in [0, 0.05) is 20.4 Å². The van der Waals surface area contributed by atoms with Gasteiger partial charge in [-0.2, -0.15) is 5.26 Å². The Kier molecular flexibility index (Phi) is 5.17. The maximum atomic E-state index is 12.3. The van der Waals surface area contributed by atoms with Crippen LogP contribution in [0.3, 0.4) is 0 Å². The van der Waals surface area contributed by atoms with Crippen molar-refractivity contribution in [2.75, 3.05) is 5.32 Å². The molecule has 0 saturated carbocycles. The van der Waals surface area contributed by atoms with Gasteiger partial charge in [-0.3, -0.25) is 4.79 Å². The van der Waals surface area contributed by atoms with Gasteiger partial charge in [-0.15, -0.1) is 11.3 Å². The second-order valence-corrected chi connectivity index (χ2v) is 6.92. The first-order valence-electron chi connectivity index (χ1n) is 6.65. The van der Waals surface area contributed by atoms with Gasteiger partial charge in [0.25, 0.3) is 5.91 Å². The van der Waals surface area contributed by atoms with Crippen molar-refractivity contribution in [3.8, 4) is 6.07 Å². The molecule has 0 spiro atoms. The molecular formula is C17H15BrN2OS. The number of anilines is 1. The standard InChI is InChI=1S/C17H15BrN2OS/c1-10-4-11(2)16(12(3)5-10)20-17(21)13(8-19)6-15-7-14(18)9-22-15/h4-7,9H,1-3H3,(H,20,21)/b13-6+. The SMILES string of the molecule is Cc1cc(C)c(NC(=O)/C(C#N)=C/c2cc(Br)cs2)c(C)c1. The number of benzene rings is 1. The molecule has 1 aromatic heterocycles. The van der Waals surface area contributed by atoms with E-state index >= 15 is 0 Å². The number of nitrogens with one attached hydrogen (secondary N) is 1. The molecule has 2 rings (SSSR count). The van der Waals surface area contributed by atoms with Crippen molar-refractivity contribution in [2.24, 2.45) is 0 Å². The summed E-state index contributed by atoms with van der Waals surface area (Å²) in [7, 11) is 0. The lowest BCUT2D eigenvalue weighted by atomic mass is 10.0. The van der Waals surface area contributed by atoms with Crippen molar-refractivity contribution in [3.05, 3.63) is 55.2 Å².